The molecule has 1 fully saturated rings. The molecule has 8 nitrogen and oxygen atoms in total. The van der Waals surface area contributed by atoms with Gasteiger partial charge in [0, 0.05) is 36.7 Å². The van der Waals surface area contributed by atoms with Gasteiger partial charge in [-0.3, -0.25) is 4.79 Å². The zero-order chi connectivity index (χ0) is 24.5. The van der Waals surface area contributed by atoms with Gasteiger partial charge in [0.2, 0.25) is 27.6 Å². The smallest absolute Gasteiger partial charge is 0.243 e. The summed E-state index contributed by atoms with van der Waals surface area (Å²) < 4.78 is 33.6. The molecule has 1 N–H and O–H groups in total. The molecule has 2 aromatic carbocycles. The minimum Gasteiger partial charge on any atom is -0.339 e. The van der Waals surface area contributed by atoms with E-state index in [1.54, 1.807) is 25.1 Å². The average molecular weight is 483 g/mol. The maximum absolute atomic E-state index is 13.5. The van der Waals surface area contributed by atoms with Crippen molar-refractivity contribution in [3.63, 3.8) is 0 Å². The summed E-state index contributed by atoms with van der Waals surface area (Å²) >= 11 is 0. The van der Waals surface area contributed by atoms with Crippen LogP contribution in [0.3, 0.4) is 0 Å². The van der Waals surface area contributed by atoms with Crippen molar-refractivity contribution in [1.29, 1.82) is 0 Å². The Kier molecular flexibility index (Phi) is 6.86. The fourth-order valence-electron chi connectivity index (χ4n) is 4.22. The maximum atomic E-state index is 13.5. The third-order valence-corrected chi connectivity index (χ3v) is 8.34. The molecule has 1 aromatic heterocycles. The summed E-state index contributed by atoms with van der Waals surface area (Å²) in [5.74, 6) is 0.577. The van der Waals surface area contributed by atoms with Crippen molar-refractivity contribution in [3.8, 4) is 11.4 Å². The Balaban J connectivity index is 1.46. The van der Waals surface area contributed by atoms with Gasteiger partial charge in [0.25, 0.3) is 0 Å². The zero-order valence-electron chi connectivity index (χ0n) is 20.0. The molecule has 1 amide bonds. The number of rotatable bonds is 6. The van der Waals surface area contributed by atoms with E-state index in [0.717, 1.165) is 16.8 Å². The third kappa shape index (κ3) is 4.90. The van der Waals surface area contributed by atoms with Crippen LogP contribution in [0.25, 0.3) is 11.4 Å². The zero-order valence-corrected chi connectivity index (χ0v) is 20.8. The Morgan fingerprint density at radius 1 is 1.09 bits per heavy atom. The molecule has 0 radical (unpaired) electrons. The summed E-state index contributed by atoms with van der Waals surface area (Å²) in [7, 11) is -3.73. The molecule has 4 rings (SSSR count). The molecule has 1 aliphatic rings. The van der Waals surface area contributed by atoms with E-state index in [4.69, 9.17) is 4.52 Å². The Morgan fingerprint density at radius 2 is 1.82 bits per heavy atom. The predicted molar refractivity (Wildman–Crippen MR) is 130 cm³/mol. The van der Waals surface area contributed by atoms with Gasteiger partial charge in [-0.05, 0) is 56.9 Å². The minimum absolute atomic E-state index is 0.0639. The van der Waals surface area contributed by atoms with Crippen LogP contribution in [0.4, 0.5) is 5.69 Å². The SMILES string of the molecule is CCc1nc(-c2ccc(C)c(S(=O)(=O)N3CCC(C(=O)Nc4ccc(C)cc4C)CC3)c2)no1. The molecule has 2 heterocycles. The fourth-order valence-corrected chi connectivity index (χ4v) is 5.94. The van der Waals surface area contributed by atoms with Crippen molar-refractivity contribution >= 4 is 21.6 Å². The van der Waals surface area contributed by atoms with Gasteiger partial charge in [0.05, 0.1) is 4.90 Å². The second-order valence-electron chi connectivity index (χ2n) is 8.83. The van der Waals surface area contributed by atoms with Crippen LogP contribution in [0.1, 0.15) is 42.3 Å². The summed E-state index contributed by atoms with van der Waals surface area (Å²) in [6.07, 6.45) is 1.55. The number of hydrogen-bond donors (Lipinski definition) is 1. The highest BCUT2D eigenvalue weighted by molar-refractivity contribution is 7.89. The van der Waals surface area contributed by atoms with Gasteiger partial charge >= 0.3 is 0 Å². The standard InChI is InChI=1S/C25H30N4O4S/c1-5-23-27-24(28-33-23)20-8-7-17(3)22(15-20)34(31,32)29-12-10-19(11-13-29)25(30)26-21-9-6-16(2)14-18(21)4/h6-9,14-15,19H,5,10-13H2,1-4H3,(H,26,30). The maximum Gasteiger partial charge on any atom is 0.243 e. The summed E-state index contributed by atoms with van der Waals surface area (Å²) in [4.78, 5) is 17.3. The summed E-state index contributed by atoms with van der Waals surface area (Å²) in [6.45, 7) is 8.24. The highest BCUT2D eigenvalue weighted by Crippen LogP contribution is 2.29. The van der Waals surface area contributed by atoms with Crippen molar-refractivity contribution in [3.05, 3.63) is 59.0 Å². The molecule has 0 unspecified atom stereocenters. The van der Waals surface area contributed by atoms with E-state index in [9.17, 15) is 13.2 Å². The van der Waals surface area contributed by atoms with E-state index in [-0.39, 0.29) is 16.7 Å². The predicted octanol–water partition coefficient (Wildman–Crippen LogP) is 4.26. The Labute approximate surface area is 200 Å². The van der Waals surface area contributed by atoms with Gasteiger partial charge in [-0.2, -0.15) is 9.29 Å². The van der Waals surface area contributed by atoms with E-state index in [2.05, 4.69) is 15.5 Å². The molecular formula is C25H30N4O4S. The second kappa shape index (κ2) is 9.68. The van der Waals surface area contributed by atoms with Crippen LogP contribution in [0, 0.1) is 26.7 Å². The Morgan fingerprint density at radius 3 is 2.47 bits per heavy atom. The first-order valence-electron chi connectivity index (χ1n) is 11.5. The molecule has 0 bridgehead atoms. The fraction of sp³-hybridized carbons (Fsp3) is 0.400. The molecule has 1 saturated heterocycles. The summed E-state index contributed by atoms with van der Waals surface area (Å²) in [6, 6.07) is 11.1. The van der Waals surface area contributed by atoms with Gasteiger partial charge in [0.1, 0.15) is 0 Å². The lowest BCUT2D eigenvalue weighted by molar-refractivity contribution is -0.120. The lowest BCUT2D eigenvalue weighted by Crippen LogP contribution is -2.41. The summed E-state index contributed by atoms with van der Waals surface area (Å²) in [5.41, 5.74) is 4.19. The lowest BCUT2D eigenvalue weighted by Gasteiger charge is -2.31. The molecule has 9 heteroatoms. The molecule has 0 spiro atoms. The van der Waals surface area contributed by atoms with E-state index in [1.807, 2.05) is 39.0 Å². The first-order valence-corrected chi connectivity index (χ1v) is 12.9. The monoisotopic (exact) mass is 482 g/mol. The Hall–Kier alpha value is -3.04. The van der Waals surface area contributed by atoms with Crippen molar-refractivity contribution in [2.75, 3.05) is 18.4 Å². The number of benzene rings is 2. The average Bonchev–Trinajstić information content (AvgIpc) is 3.30. The number of aryl methyl sites for hydroxylation is 4. The molecule has 34 heavy (non-hydrogen) atoms. The largest absolute Gasteiger partial charge is 0.339 e. The number of amides is 1. The topological polar surface area (TPSA) is 105 Å². The van der Waals surface area contributed by atoms with E-state index in [0.29, 0.717) is 55.2 Å². The van der Waals surface area contributed by atoms with Crippen LogP contribution in [0.2, 0.25) is 0 Å². The van der Waals surface area contributed by atoms with Gasteiger partial charge in [0.15, 0.2) is 0 Å². The number of nitrogens with zero attached hydrogens (tertiary/aromatic N) is 3. The first kappa shape index (κ1) is 24.1. The van der Waals surface area contributed by atoms with Crippen molar-refractivity contribution in [1.82, 2.24) is 14.4 Å². The number of sulfonamides is 1. The van der Waals surface area contributed by atoms with Crippen LogP contribution in [0.15, 0.2) is 45.8 Å². The molecule has 0 atom stereocenters. The molecule has 3 aromatic rings. The molecular weight excluding hydrogens is 452 g/mol. The van der Waals surface area contributed by atoms with E-state index >= 15 is 0 Å². The lowest BCUT2D eigenvalue weighted by atomic mass is 9.97. The van der Waals surface area contributed by atoms with Crippen molar-refractivity contribution in [2.45, 2.75) is 51.9 Å². The molecule has 0 aliphatic carbocycles. The molecule has 180 valence electrons. The number of hydrogen-bond acceptors (Lipinski definition) is 6. The highest BCUT2D eigenvalue weighted by atomic mass is 32.2. The first-order chi connectivity index (χ1) is 16.2. The second-order valence-corrected chi connectivity index (χ2v) is 10.7. The van der Waals surface area contributed by atoms with Gasteiger partial charge in [-0.25, -0.2) is 8.42 Å². The van der Waals surface area contributed by atoms with Crippen LogP contribution in [0.5, 0.6) is 0 Å². The third-order valence-electron chi connectivity index (χ3n) is 6.30. The minimum atomic E-state index is -3.73. The number of aromatic nitrogens is 2. The van der Waals surface area contributed by atoms with Crippen LogP contribution >= 0.6 is 0 Å². The highest BCUT2D eigenvalue weighted by Gasteiger charge is 2.33. The Bertz CT molecular complexity index is 1310. The number of anilines is 1. The van der Waals surface area contributed by atoms with Crippen LogP contribution in [-0.2, 0) is 21.2 Å². The molecule has 0 saturated carbocycles. The van der Waals surface area contributed by atoms with Crippen molar-refractivity contribution < 1.29 is 17.7 Å². The van der Waals surface area contributed by atoms with Crippen molar-refractivity contribution in [2.24, 2.45) is 5.92 Å². The van der Waals surface area contributed by atoms with Crippen LogP contribution < -0.4 is 5.32 Å². The molecule has 1 aliphatic heterocycles. The quantitative estimate of drug-likeness (QED) is 0.563. The van der Waals surface area contributed by atoms with Gasteiger partial charge in [-0.1, -0.05) is 41.9 Å². The van der Waals surface area contributed by atoms with Gasteiger partial charge in [-0.15, -0.1) is 0 Å². The number of nitrogens with one attached hydrogen (secondary N) is 1. The van der Waals surface area contributed by atoms with Crippen LogP contribution in [-0.4, -0.2) is 41.9 Å². The van der Waals surface area contributed by atoms with Gasteiger partial charge < -0.3 is 9.84 Å². The normalized spacial score (nSPS) is 15.4. The van der Waals surface area contributed by atoms with E-state index < -0.39 is 10.0 Å². The number of carbonyl (C=O) groups is 1. The summed E-state index contributed by atoms with van der Waals surface area (Å²) in [5, 5.41) is 6.96. The van der Waals surface area contributed by atoms with E-state index in [1.165, 1.54) is 4.31 Å². The number of carbonyl (C=O) groups excluding carboxylic acids is 1. The number of piperidine rings is 1.